The van der Waals surface area contributed by atoms with E-state index >= 15 is 0 Å². The largest absolute Gasteiger partial charge is 0.0996 e. The lowest BCUT2D eigenvalue weighted by molar-refractivity contribution is -0.0351. The van der Waals surface area contributed by atoms with Gasteiger partial charge in [0.25, 0.3) is 0 Å². The first-order valence-electron chi connectivity index (χ1n) is 12.3. The number of allylic oxidation sites excluding steroid dienone is 5. The Morgan fingerprint density at radius 3 is 2.18 bits per heavy atom. The first kappa shape index (κ1) is 23.5. The molecule has 0 N–H and O–H groups in total. The highest BCUT2D eigenvalue weighted by atomic mass is 14.7. The third-order valence-electron chi connectivity index (χ3n) is 9.43. The van der Waals surface area contributed by atoms with Gasteiger partial charge in [0.1, 0.15) is 0 Å². The predicted octanol–water partition coefficient (Wildman–Crippen LogP) is 9.14. The van der Waals surface area contributed by atoms with Gasteiger partial charge in [0, 0.05) is 0 Å². The SMILES string of the molecule is C=C(C)C1(C)CCC2C3C=C(C)C4=CCCCC4(C)C3CCC21C.CC.CC. The van der Waals surface area contributed by atoms with Crippen molar-refractivity contribution in [1.29, 1.82) is 0 Å². The van der Waals surface area contributed by atoms with E-state index in [4.69, 9.17) is 0 Å². The van der Waals surface area contributed by atoms with Crippen molar-refractivity contribution >= 4 is 0 Å². The van der Waals surface area contributed by atoms with Crippen LogP contribution < -0.4 is 0 Å². The molecule has 4 aliphatic carbocycles. The molecule has 0 heterocycles. The van der Waals surface area contributed by atoms with Crippen molar-refractivity contribution in [3.8, 4) is 0 Å². The standard InChI is InChI=1S/C24H36.2C2H6/c1-16(2)23(5)13-11-21-18-15-17(3)19-9-7-8-12-22(19,4)20(18)10-14-24(21,23)6;2*1-2/h9,15,18,20-21H,1,7-8,10-14H2,2-6H3;2*1-2H3. The van der Waals surface area contributed by atoms with Crippen molar-refractivity contribution in [2.45, 2.75) is 107 Å². The van der Waals surface area contributed by atoms with E-state index in [2.05, 4.69) is 53.3 Å². The summed E-state index contributed by atoms with van der Waals surface area (Å²) in [6.07, 6.45) is 14.9. The molecule has 0 amide bonds. The van der Waals surface area contributed by atoms with Gasteiger partial charge in [-0.25, -0.2) is 0 Å². The van der Waals surface area contributed by atoms with E-state index in [9.17, 15) is 0 Å². The van der Waals surface area contributed by atoms with Crippen LogP contribution in [0.1, 0.15) is 107 Å². The Hall–Kier alpha value is -0.780. The fraction of sp³-hybridized carbons (Fsp3) is 0.786. The summed E-state index contributed by atoms with van der Waals surface area (Å²) in [7, 11) is 0. The molecule has 4 aliphatic rings. The van der Waals surface area contributed by atoms with Crippen molar-refractivity contribution in [3.05, 3.63) is 35.5 Å². The minimum atomic E-state index is 0.341. The maximum absolute atomic E-state index is 4.42. The molecule has 0 bridgehead atoms. The normalized spacial score (nSPS) is 43.5. The molecular formula is C28H48. The van der Waals surface area contributed by atoms with Crippen LogP contribution in [0.4, 0.5) is 0 Å². The highest BCUT2D eigenvalue weighted by Crippen LogP contribution is 2.70. The van der Waals surface area contributed by atoms with Gasteiger partial charge < -0.3 is 0 Å². The zero-order chi connectivity index (χ0) is 21.3. The van der Waals surface area contributed by atoms with Gasteiger partial charge in [-0.2, -0.15) is 0 Å². The van der Waals surface area contributed by atoms with Gasteiger partial charge >= 0.3 is 0 Å². The average Bonchev–Trinajstić information content (AvgIpc) is 2.98. The molecule has 0 aromatic rings. The van der Waals surface area contributed by atoms with Crippen molar-refractivity contribution in [3.63, 3.8) is 0 Å². The van der Waals surface area contributed by atoms with Gasteiger partial charge in [0.05, 0.1) is 0 Å². The molecule has 0 saturated heterocycles. The van der Waals surface area contributed by atoms with E-state index in [-0.39, 0.29) is 0 Å². The lowest BCUT2D eigenvalue weighted by Crippen LogP contribution is -2.51. The minimum absolute atomic E-state index is 0.341. The molecule has 28 heavy (non-hydrogen) atoms. The van der Waals surface area contributed by atoms with Gasteiger partial charge in [-0.05, 0) is 98.4 Å². The second-order valence-corrected chi connectivity index (χ2v) is 10.2. The molecule has 6 unspecified atom stereocenters. The lowest BCUT2D eigenvalue weighted by atomic mass is 9.45. The molecule has 0 nitrogen and oxygen atoms in total. The van der Waals surface area contributed by atoms with Gasteiger partial charge in [-0.15, -0.1) is 0 Å². The Balaban J connectivity index is 0.000000660. The van der Waals surface area contributed by atoms with E-state index in [1.54, 1.807) is 11.1 Å². The first-order chi connectivity index (χ1) is 13.2. The van der Waals surface area contributed by atoms with E-state index in [0.717, 1.165) is 17.8 Å². The predicted molar refractivity (Wildman–Crippen MR) is 126 cm³/mol. The number of rotatable bonds is 1. The Kier molecular flexibility index (Phi) is 7.16. The van der Waals surface area contributed by atoms with Crippen molar-refractivity contribution in [2.24, 2.45) is 34.0 Å². The van der Waals surface area contributed by atoms with Crippen LogP contribution in [0.5, 0.6) is 0 Å². The number of hydrogen-bond donors (Lipinski definition) is 0. The summed E-state index contributed by atoms with van der Waals surface area (Å²) in [4.78, 5) is 0. The Labute approximate surface area is 177 Å². The zero-order valence-corrected chi connectivity index (χ0v) is 20.5. The second-order valence-electron chi connectivity index (χ2n) is 10.2. The van der Waals surface area contributed by atoms with Crippen LogP contribution >= 0.6 is 0 Å². The second kappa shape index (κ2) is 8.53. The molecule has 160 valence electrons. The van der Waals surface area contributed by atoms with Crippen LogP contribution in [0, 0.1) is 34.0 Å². The third kappa shape index (κ3) is 3.18. The maximum Gasteiger partial charge on any atom is -0.00419 e. The molecule has 2 saturated carbocycles. The molecule has 0 aromatic heterocycles. The van der Waals surface area contributed by atoms with Gasteiger partial charge in [0.2, 0.25) is 0 Å². The van der Waals surface area contributed by atoms with Crippen LogP contribution in [0.25, 0.3) is 0 Å². The molecule has 0 aliphatic heterocycles. The summed E-state index contributed by atoms with van der Waals surface area (Å²) >= 11 is 0. The summed E-state index contributed by atoms with van der Waals surface area (Å²) in [5.74, 6) is 2.52. The summed E-state index contributed by atoms with van der Waals surface area (Å²) in [6.45, 7) is 24.8. The summed E-state index contributed by atoms with van der Waals surface area (Å²) in [5, 5.41) is 0. The van der Waals surface area contributed by atoms with Crippen LogP contribution in [0.3, 0.4) is 0 Å². The van der Waals surface area contributed by atoms with Gasteiger partial charge in [0.15, 0.2) is 0 Å². The smallest absolute Gasteiger partial charge is 0.00419 e. The van der Waals surface area contributed by atoms with E-state index in [1.165, 1.54) is 50.5 Å². The van der Waals surface area contributed by atoms with E-state index < -0.39 is 0 Å². The molecule has 6 atom stereocenters. The van der Waals surface area contributed by atoms with E-state index in [0.29, 0.717) is 16.2 Å². The average molecular weight is 385 g/mol. The quantitative estimate of drug-likeness (QED) is 0.395. The maximum atomic E-state index is 4.42. The molecule has 0 heteroatoms. The van der Waals surface area contributed by atoms with Crippen LogP contribution in [0.2, 0.25) is 0 Å². The monoisotopic (exact) mass is 384 g/mol. The minimum Gasteiger partial charge on any atom is -0.0996 e. The van der Waals surface area contributed by atoms with Gasteiger partial charge in [-0.1, -0.05) is 78.3 Å². The number of fused-ring (bicyclic) bond motifs is 5. The molecule has 0 spiro atoms. The molecular weight excluding hydrogens is 336 g/mol. The highest BCUT2D eigenvalue weighted by molar-refractivity contribution is 5.42. The third-order valence-corrected chi connectivity index (χ3v) is 9.43. The molecule has 0 radical (unpaired) electrons. The molecule has 2 fully saturated rings. The molecule has 4 rings (SSSR count). The van der Waals surface area contributed by atoms with Crippen LogP contribution in [0.15, 0.2) is 35.5 Å². The number of hydrogen-bond acceptors (Lipinski definition) is 0. The topological polar surface area (TPSA) is 0 Å². The summed E-state index contributed by atoms with van der Waals surface area (Å²) in [5.41, 5.74) is 5.97. The Morgan fingerprint density at radius 1 is 0.964 bits per heavy atom. The van der Waals surface area contributed by atoms with Crippen LogP contribution in [-0.2, 0) is 0 Å². The van der Waals surface area contributed by atoms with Gasteiger partial charge in [-0.3, -0.25) is 0 Å². The molecule has 0 aromatic carbocycles. The Morgan fingerprint density at radius 2 is 1.57 bits per heavy atom. The Bertz CT molecular complexity index is 634. The van der Waals surface area contributed by atoms with Crippen molar-refractivity contribution in [2.75, 3.05) is 0 Å². The van der Waals surface area contributed by atoms with E-state index in [1.807, 2.05) is 27.7 Å². The van der Waals surface area contributed by atoms with Crippen LogP contribution in [-0.4, -0.2) is 0 Å². The van der Waals surface area contributed by atoms with Crippen molar-refractivity contribution in [1.82, 2.24) is 0 Å². The summed E-state index contributed by atoms with van der Waals surface area (Å²) < 4.78 is 0. The first-order valence-corrected chi connectivity index (χ1v) is 12.3. The fourth-order valence-corrected chi connectivity index (χ4v) is 7.60. The summed E-state index contributed by atoms with van der Waals surface area (Å²) in [6, 6.07) is 0. The zero-order valence-electron chi connectivity index (χ0n) is 20.5. The lowest BCUT2D eigenvalue weighted by Gasteiger charge is -2.59. The fourth-order valence-electron chi connectivity index (χ4n) is 7.60. The highest BCUT2D eigenvalue weighted by Gasteiger charge is 2.62. The van der Waals surface area contributed by atoms with Crippen molar-refractivity contribution < 1.29 is 0 Å².